The van der Waals surface area contributed by atoms with Crippen LogP contribution in [0.3, 0.4) is 0 Å². The largest absolute Gasteiger partial charge is 0.481 e. The molecule has 2 unspecified atom stereocenters. The molecular weight excluding hydrogens is 343 g/mol. The molecule has 2 aromatic rings. The number of benzene rings is 2. The normalized spacial score (nSPS) is 23.6. The molecule has 2 atom stereocenters. The first kappa shape index (κ1) is 17.4. The van der Waals surface area contributed by atoms with Crippen molar-refractivity contribution in [2.24, 2.45) is 0 Å². The molecule has 0 bridgehead atoms. The zero-order chi connectivity index (χ0) is 18.4. The van der Waals surface area contributed by atoms with Gasteiger partial charge in [-0.2, -0.15) is 17.6 Å². The summed E-state index contributed by atoms with van der Waals surface area (Å²) in [5.74, 6) is -9.47. The number of Topliss-reactive ketones (excluding diaryl/α,β-unsaturated/α-hetero) is 1. The highest BCUT2D eigenvalue weighted by Crippen LogP contribution is 2.54. The molecule has 2 aromatic carbocycles. The Bertz CT molecular complexity index is 784. The van der Waals surface area contributed by atoms with Gasteiger partial charge in [0.2, 0.25) is 12.3 Å². The summed E-state index contributed by atoms with van der Waals surface area (Å²) in [6.07, 6.45) is -5.57. The number of carbonyl (C=O) groups is 1. The van der Waals surface area contributed by atoms with Gasteiger partial charge in [0.1, 0.15) is 5.75 Å². The predicted molar refractivity (Wildman–Crippen MR) is 81.1 cm³/mol. The Labute approximate surface area is 140 Å². The van der Waals surface area contributed by atoms with Crippen LogP contribution in [0.2, 0.25) is 0 Å². The van der Waals surface area contributed by atoms with E-state index >= 15 is 0 Å². The fourth-order valence-electron chi connectivity index (χ4n) is 2.55. The first-order valence-corrected chi connectivity index (χ1v) is 7.42. The maximum absolute atomic E-state index is 13.2. The standard InChI is InChI=1S/C18H13F5O2/c1-10(24)11-2-4-12(5-3-11)13-6-8-14(9-7-13)25-16-15(19)17(20,21)18(16,22)23/h2-9,15-16H,1H3. The average Bonchev–Trinajstić information content (AvgIpc) is 2.59. The fourth-order valence-corrected chi connectivity index (χ4v) is 2.55. The van der Waals surface area contributed by atoms with E-state index in [0.29, 0.717) is 11.1 Å². The molecule has 0 aromatic heterocycles. The van der Waals surface area contributed by atoms with Crippen LogP contribution < -0.4 is 4.74 Å². The molecule has 0 amide bonds. The van der Waals surface area contributed by atoms with E-state index in [1.165, 1.54) is 31.2 Å². The van der Waals surface area contributed by atoms with Gasteiger partial charge in [-0.05, 0) is 30.2 Å². The van der Waals surface area contributed by atoms with Crippen molar-refractivity contribution in [3.8, 4) is 16.9 Å². The number of ketones is 1. The van der Waals surface area contributed by atoms with Crippen LogP contribution in [0.25, 0.3) is 11.1 Å². The van der Waals surface area contributed by atoms with Crippen LogP contribution in [-0.2, 0) is 0 Å². The molecule has 3 rings (SSSR count). The highest BCUT2D eigenvalue weighted by molar-refractivity contribution is 5.94. The average molecular weight is 356 g/mol. The molecule has 0 spiro atoms. The molecule has 25 heavy (non-hydrogen) atoms. The van der Waals surface area contributed by atoms with Crippen LogP contribution in [0.15, 0.2) is 48.5 Å². The second kappa shape index (κ2) is 5.82. The van der Waals surface area contributed by atoms with Crippen molar-refractivity contribution >= 4 is 5.78 Å². The van der Waals surface area contributed by atoms with E-state index in [4.69, 9.17) is 4.74 Å². The maximum atomic E-state index is 13.2. The van der Waals surface area contributed by atoms with Gasteiger partial charge in [0.05, 0.1) is 0 Å². The highest BCUT2D eigenvalue weighted by Gasteiger charge is 2.81. The van der Waals surface area contributed by atoms with Gasteiger partial charge in [-0.1, -0.05) is 36.4 Å². The molecular formula is C18H13F5O2. The number of alkyl halides is 5. The monoisotopic (exact) mass is 356 g/mol. The first-order valence-electron chi connectivity index (χ1n) is 7.42. The quantitative estimate of drug-likeness (QED) is 0.574. The molecule has 1 saturated carbocycles. The summed E-state index contributed by atoms with van der Waals surface area (Å²) in [6.45, 7) is 1.44. The SMILES string of the molecule is CC(=O)c1ccc(-c2ccc(OC3C(F)C(F)(F)C3(F)F)cc2)cc1. The van der Waals surface area contributed by atoms with E-state index in [2.05, 4.69) is 0 Å². The summed E-state index contributed by atoms with van der Waals surface area (Å²) in [5, 5.41) is 0. The topological polar surface area (TPSA) is 26.3 Å². The van der Waals surface area contributed by atoms with Crippen LogP contribution in [0, 0.1) is 0 Å². The highest BCUT2D eigenvalue weighted by atomic mass is 19.3. The summed E-state index contributed by atoms with van der Waals surface area (Å²) in [5.41, 5.74) is 2.01. The van der Waals surface area contributed by atoms with Crippen LogP contribution in [0.5, 0.6) is 5.75 Å². The summed E-state index contributed by atoms with van der Waals surface area (Å²) in [4.78, 5) is 11.2. The molecule has 0 heterocycles. The lowest BCUT2D eigenvalue weighted by Crippen LogP contribution is -2.73. The maximum Gasteiger partial charge on any atom is 0.352 e. The molecule has 0 radical (unpaired) electrons. The van der Waals surface area contributed by atoms with Crippen molar-refractivity contribution in [2.45, 2.75) is 31.0 Å². The van der Waals surface area contributed by atoms with Gasteiger partial charge < -0.3 is 4.74 Å². The number of carbonyl (C=O) groups excluding carboxylic acids is 1. The summed E-state index contributed by atoms with van der Waals surface area (Å²) in [6, 6.07) is 12.4. The van der Waals surface area contributed by atoms with E-state index in [0.717, 1.165) is 5.56 Å². The Morgan fingerprint density at radius 3 is 1.80 bits per heavy atom. The molecule has 7 heteroatoms. The molecule has 132 valence electrons. The predicted octanol–water partition coefficient (Wildman–Crippen LogP) is 4.93. The summed E-state index contributed by atoms with van der Waals surface area (Å²) in [7, 11) is 0. The van der Waals surface area contributed by atoms with Gasteiger partial charge in [-0.25, -0.2) is 4.39 Å². The molecule has 1 aliphatic carbocycles. The van der Waals surface area contributed by atoms with Crippen molar-refractivity contribution in [3.05, 3.63) is 54.1 Å². The van der Waals surface area contributed by atoms with Crippen molar-refractivity contribution in [1.82, 2.24) is 0 Å². The number of halogens is 5. The third-order valence-electron chi connectivity index (χ3n) is 4.16. The van der Waals surface area contributed by atoms with Crippen molar-refractivity contribution in [2.75, 3.05) is 0 Å². The van der Waals surface area contributed by atoms with Crippen molar-refractivity contribution in [1.29, 1.82) is 0 Å². The van der Waals surface area contributed by atoms with Gasteiger partial charge >= 0.3 is 11.8 Å². The van der Waals surface area contributed by atoms with Crippen molar-refractivity contribution < 1.29 is 31.5 Å². The zero-order valence-electron chi connectivity index (χ0n) is 13.0. The number of ether oxygens (including phenoxy) is 1. The second-order valence-electron chi connectivity index (χ2n) is 5.84. The van der Waals surface area contributed by atoms with Crippen LogP contribution >= 0.6 is 0 Å². The summed E-state index contributed by atoms with van der Waals surface area (Å²) < 4.78 is 70.0. The minimum atomic E-state index is -4.71. The third-order valence-corrected chi connectivity index (χ3v) is 4.16. The molecule has 2 nitrogen and oxygen atoms in total. The first-order chi connectivity index (χ1) is 11.6. The van der Waals surface area contributed by atoms with Gasteiger partial charge in [-0.3, -0.25) is 4.79 Å². The Hall–Kier alpha value is -2.44. The summed E-state index contributed by atoms with van der Waals surface area (Å²) >= 11 is 0. The Balaban J connectivity index is 1.74. The Kier molecular flexibility index (Phi) is 4.05. The second-order valence-corrected chi connectivity index (χ2v) is 5.84. The Morgan fingerprint density at radius 1 is 0.880 bits per heavy atom. The van der Waals surface area contributed by atoms with Gasteiger partial charge in [-0.15, -0.1) is 0 Å². The van der Waals surface area contributed by atoms with Gasteiger partial charge in [0, 0.05) is 5.56 Å². The van der Waals surface area contributed by atoms with Crippen molar-refractivity contribution in [3.63, 3.8) is 0 Å². The number of hydrogen-bond donors (Lipinski definition) is 0. The van der Waals surface area contributed by atoms with E-state index in [1.54, 1.807) is 24.3 Å². The van der Waals surface area contributed by atoms with E-state index in [-0.39, 0.29) is 11.5 Å². The minimum absolute atomic E-state index is 0.0747. The lowest BCUT2D eigenvalue weighted by atomic mass is 9.83. The number of hydrogen-bond acceptors (Lipinski definition) is 2. The fraction of sp³-hybridized carbons (Fsp3) is 0.278. The van der Waals surface area contributed by atoms with Crippen LogP contribution in [0.4, 0.5) is 22.0 Å². The van der Waals surface area contributed by atoms with Crippen LogP contribution in [-0.4, -0.2) is 29.9 Å². The lowest BCUT2D eigenvalue weighted by molar-refractivity contribution is -0.361. The molecule has 0 N–H and O–H groups in total. The smallest absolute Gasteiger partial charge is 0.352 e. The van der Waals surface area contributed by atoms with E-state index < -0.39 is 24.1 Å². The van der Waals surface area contributed by atoms with Crippen LogP contribution in [0.1, 0.15) is 17.3 Å². The van der Waals surface area contributed by atoms with Gasteiger partial charge in [0.15, 0.2) is 5.78 Å². The molecule has 0 saturated heterocycles. The van der Waals surface area contributed by atoms with Gasteiger partial charge in [0.25, 0.3) is 0 Å². The third kappa shape index (κ3) is 2.77. The lowest BCUT2D eigenvalue weighted by Gasteiger charge is -2.45. The Morgan fingerprint density at radius 2 is 1.36 bits per heavy atom. The molecule has 1 fully saturated rings. The molecule has 0 aliphatic heterocycles. The minimum Gasteiger partial charge on any atom is -0.481 e. The number of rotatable bonds is 4. The van der Waals surface area contributed by atoms with E-state index in [1.807, 2.05) is 0 Å². The zero-order valence-corrected chi connectivity index (χ0v) is 13.0. The van der Waals surface area contributed by atoms with E-state index in [9.17, 15) is 26.7 Å². The molecule has 1 aliphatic rings.